The predicted molar refractivity (Wildman–Crippen MR) is 61.2 cm³/mol. The van der Waals surface area contributed by atoms with Crippen LogP contribution in [0.4, 0.5) is 22.0 Å². The molecule has 0 heterocycles. The molecule has 0 atom stereocenters. The van der Waals surface area contributed by atoms with Gasteiger partial charge in [-0.25, -0.2) is 22.0 Å². The number of amides is 1. The second-order valence-corrected chi connectivity index (χ2v) is 3.86. The number of nitrogens with two attached hydrogens (primary N) is 1. The molecule has 5 nitrogen and oxygen atoms in total. The Kier molecular flexibility index (Phi) is 5.06. The van der Waals surface area contributed by atoms with Crippen molar-refractivity contribution >= 4 is 11.7 Å². The molecular weight excluding hydrogens is 301 g/mol. The van der Waals surface area contributed by atoms with Crippen molar-refractivity contribution in [2.45, 2.75) is 6.92 Å². The molecule has 1 aromatic rings. The summed E-state index contributed by atoms with van der Waals surface area (Å²) in [6.07, 6.45) is 0. The standard InChI is InChI=1S/C11H10F5N3O2/c1-2-19(3-4(17)18-21)11(20)5-6(12)8(14)10(16)9(15)7(5)13/h21H,2-3H2,1H3,(H2,17,18). The van der Waals surface area contributed by atoms with Crippen LogP contribution >= 0.6 is 0 Å². The fraction of sp³-hybridized carbons (Fsp3) is 0.273. The van der Waals surface area contributed by atoms with E-state index in [4.69, 9.17) is 10.9 Å². The van der Waals surface area contributed by atoms with Gasteiger partial charge in [-0.3, -0.25) is 4.79 Å². The summed E-state index contributed by atoms with van der Waals surface area (Å²) in [5.41, 5.74) is 3.54. The minimum absolute atomic E-state index is 0.172. The lowest BCUT2D eigenvalue weighted by Gasteiger charge is -2.20. The smallest absolute Gasteiger partial charge is 0.260 e. The van der Waals surface area contributed by atoms with E-state index < -0.39 is 52.9 Å². The Morgan fingerprint density at radius 2 is 1.52 bits per heavy atom. The van der Waals surface area contributed by atoms with Crippen LogP contribution in [0.25, 0.3) is 0 Å². The minimum Gasteiger partial charge on any atom is -0.409 e. The maximum Gasteiger partial charge on any atom is 0.260 e. The van der Waals surface area contributed by atoms with Crippen molar-refractivity contribution in [1.29, 1.82) is 0 Å². The van der Waals surface area contributed by atoms with Crippen molar-refractivity contribution in [1.82, 2.24) is 4.90 Å². The minimum atomic E-state index is -2.36. The van der Waals surface area contributed by atoms with Gasteiger partial charge in [0.2, 0.25) is 5.82 Å². The van der Waals surface area contributed by atoms with Gasteiger partial charge >= 0.3 is 0 Å². The van der Waals surface area contributed by atoms with E-state index >= 15 is 0 Å². The second kappa shape index (κ2) is 6.37. The lowest BCUT2D eigenvalue weighted by Crippen LogP contribution is -2.39. The average Bonchev–Trinajstić information content (AvgIpc) is 2.48. The molecule has 0 spiro atoms. The SMILES string of the molecule is CCN(CC(N)=NO)C(=O)c1c(F)c(F)c(F)c(F)c1F. The first-order chi connectivity index (χ1) is 9.76. The highest BCUT2D eigenvalue weighted by molar-refractivity contribution is 5.97. The quantitative estimate of drug-likeness (QED) is 0.169. The monoisotopic (exact) mass is 311 g/mol. The Bertz CT molecular complexity index is 577. The Balaban J connectivity index is 3.36. The highest BCUT2D eigenvalue weighted by Gasteiger charge is 2.31. The normalized spacial score (nSPS) is 11.6. The van der Waals surface area contributed by atoms with E-state index in [1.54, 1.807) is 0 Å². The number of hydrogen-bond acceptors (Lipinski definition) is 3. The topological polar surface area (TPSA) is 78.9 Å². The van der Waals surface area contributed by atoms with Crippen LogP contribution in [0.5, 0.6) is 0 Å². The van der Waals surface area contributed by atoms with Crippen molar-refractivity contribution in [2.75, 3.05) is 13.1 Å². The molecule has 0 saturated carbocycles. The van der Waals surface area contributed by atoms with Gasteiger partial charge in [0.1, 0.15) is 5.56 Å². The average molecular weight is 311 g/mol. The second-order valence-electron chi connectivity index (χ2n) is 3.86. The molecule has 1 amide bonds. The zero-order valence-corrected chi connectivity index (χ0v) is 10.6. The first kappa shape index (κ1) is 16.7. The van der Waals surface area contributed by atoms with Crippen LogP contribution in [0, 0.1) is 29.1 Å². The van der Waals surface area contributed by atoms with E-state index in [2.05, 4.69) is 5.16 Å². The van der Waals surface area contributed by atoms with E-state index in [0.717, 1.165) is 0 Å². The van der Waals surface area contributed by atoms with Gasteiger partial charge in [-0.15, -0.1) is 0 Å². The third-order valence-electron chi connectivity index (χ3n) is 2.57. The third kappa shape index (κ3) is 3.03. The molecule has 0 bridgehead atoms. The highest BCUT2D eigenvalue weighted by Crippen LogP contribution is 2.24. The summed E-state index contributed by atoms with van der Waals surface area (Å²) >= 11 is 0. The van der Waals surface area contributed by atoms with Gasteiger partial charge in [-0.1, -0.05) is 5.16 Å². The zero-order chi connectivity index (χ0) is 16.3. The van der Waals surface area contributed by atoms with Crippen molar-refractivity contribution in [2.24, 2.45) is 10.9 Å². The molecule has 3 N–H and O–H groups in total. The van der Waals surface area contributed by atoms with Crippen molar-refractivity contribution in [3.05, 3.63) is 34.6 Å². The Morgan fingerprint density at radius 3 is 1.90 bits per heavy atom. The number of halogens is 5. The van der Waals surface area contributed by atoms with Crippen LogP contribution in [0.3, 0.4) is 0 Å². The van der Waals surface area contributed by atoms with Crippen molar-refractivity contribution in [3.8, 4) is 0 Å². The molecule has 1 rings (SSSR count). The molecule has 0 aliphatic carbocycles. The maximum atomic E-state index is 13.5. The zero-order valence-electron chi connectivity index (χ0n) is 10.6. The highest BCUT2D eigenvalue weighted by atomic mass is 19.2. The third-order valence-corrected chi connectivity index (χ3v) is 2.57. The van der Waals surface area contributed by atoms with E-state index in [0.29, 0.717) is 4.90 Å². The number of hydrogen-bond donors (Lipinski definition) is 2. The number of rotatable bonds is 4. The summed E-state index contributed by atoms with van der Waals surface area (Å²) in [5, 5.41) is 10.9. The largest absolute Gasteiger partial charge is 0.409 e. The number of amidine groups is 1. The van der Waals surface area contributed by atoms with Crippen LogP contribution < -0.4 is 5.73 Å². The molecule has 0 radical (unpaired) electrons. The van der Waals surface area contributed by atoms with E-state index in [1.807, 2.05) is 0 Å². The van der Waals surface area contributed by atoms with Gasteiger partial charge in [0.05, 0.1) is 6.54 Å². The van der Waals surface area contributed by atoms with Crippen molar-refractivity contribution < 1.29 is 32.0 Å². The molecule has 116 valence electrons. The number of oxime groups is 1. The maximum absolute atomic E-state index is 13.5. The summed E-state index contributed by atoms with van der Waals surface area (Å²) in [6, 6.07) is 0. The van der Waals surface area contributed by atoms with E-state index in [1.165, 1.54) is 6.92 Å². The Labute approximate surface area is 115 Å². The Morgan fingerprint density at radius 1 is 1.10 bits per heavy atom. The van der Waals surface area contributed by atoms with E-state index in [9.17, 15) is 26.7 Å². The molecule has 0 aromatic heterocycles. The first-order valence-electron chi connectivity index (χ1n) is 5.53. The summed E-state index contributed by atoms with van der Waals surface area (Å²) < 4.78 is 65.9. The van der Waals surface area contributed by atoms with Crippen LogP contribution in [-0.2, 0) is 0 Å². The van der Waals surface area contributed by atoms with Crippen LogP contribution in [-0.4, -0.2) is 34.9 Å². The molecule has 0 aliphatic heterocycles. The molecule has 1 aromatic carbocycles. The molecule has 21 heavy (non-hydrogen) atoms. The van der Waals surface area contributed by atoms with Gasteiger partial charge in [0.15, 0.2) is 29.1 Å². The van der Waals surface area contributed by atoms with Gasteiger partial charge in [0.25, 0.3) is 5.91 Å². The fourth-order valence-corrected chi connectivity index (χ4v) is 1.51. The number of likely N-dealkylation sites (N-methyl/N-ethyl adjacent to an activating group) is 1. The summed E-state index contributed by atoms with van der Waals surface area (Å²) in [6.45, 7) is 0.647. The van der Waals surface area contributed by atoms with Gasteiger partial charge in [-0.05, 0) is 6.92 Å². The summed E-state index contributed by atoms with van der Waals surface area (Å²) in [5.74, 6) is -13.2. The molecule has 0 fully saturated rings. The number of carbonyl (C=O) groups excluding carboxylic acids is 1. The lowest BCUT2D eigenvalue weighted by atomic mass is 10.1. The van der Waals surface area contributed by atoms with Gasteiger partial charge in [0, 0.05) is 6.54 Å². The Hall–Kier alpha value is -2.39. The van der Waals surface area contributed by atoms with Crippen molar-refractivity contribution in [3.63, 3.8) is 0 Å². The van der Waals surface area contributed by atoms with E-state index in [-0.39, 0.29) is 6.54 Å². The number of nitrogens with zero attached hydrogens (tertiary/aromatic N) is 2. The molecule has 0 unspecified atom stereocenters. The molecule has 10 heteroatoms. The molecule has 0 saturated heterocycles. The molecule has 0 aliphatic rings. The fourth-order valence-electron chi connectivity index (χ4n) is 1.51. The number of carbonyl (C=O) groups is 1. The summed E-state index contributed by atoms with van der Waals surface area (Å²) in [4.78, 5) is 12.5. The summed E-state index contributed by atoms with van der Waals surface area (Å²) in [7, 11) is 0. The van der Waals surface area contributed by atoms with Gasteiger partial charge in [-0.2, -0.15) is 0 Å². The predicted octanol–water partition coefficient (Wildman–Crippen LogP) is 1.59. The lowest BCUT2D eigenvalue weighted by molar-refractivity contribution is 0.0773. The van der Waals surface area contributed by atoms with Crippen LogP contribution in [0.2, 0.25) is 0 Å². The van der Waals surface area contributed by atoms with Crippen LogP contribution in [0.15, 0.2) is 5.16 Å². The number of benzene rings is 1. The first-order valence-corrected chi connectivity index (χ1v) is 5.53. The van der Waals surface area contributed by atoms with Crippen LogP contribution in [0.1, 0.15) is 17.3 Å². The molecular formula is C11H10F5N3O2. The van der Waals surface area contributed by atoms with Gasteiger partial charge < -0.3 is 15.8 Å².